The SMILES string of the molecule is COC(=O)C1=CCCCCCCCCCC1. The van der Waals surface area contributed by atoms with Gasteiger partial charge in [0.15, 0.2) is 0 Å². The summed E-state index contributed by atoms with van der Waals surface area (Å²) >= 11 is 0. The first kappa shape index (κ1) is 13.3. The Kier molecular flexibility index (Phi) is 6.95. The van der Waals surface area contributed by atoms with Gasteiger partial charge in [0.25, 0.3) is 0 Å². The lowest BCUT2D eigenvalue weighted by Crippen LogP contribution is -2.05. The minimum absolute atomic E-state index is 0.128. The molecule has 0 aromatic heterocycles. The molecule has 0 aromatic carbocycles. The van der Waals surface area contributed by atoms with Crippen LogP contribution in [0.2, 0.25) is 0 Å². The van der Waals surface area contributed by atoms with Crippen molar-refractivity contribution in [1.82, 2.24) is 0 Å². The third-order valence-electron chi connectivity index (χ3n) is 3.24. The van der Waals surface area contributed by atoms with Crippen molar-refractivity contribution < 1.29 is 9.53 Å². The van der Waals surface area contributed by atoms with Gasteiger partial charge in [-0.3, -0.25) is 0 Å². The summed E-state index contributed by atoms with van der Waals surface area (Å²) < 4.78 is 4.81. The largest absolute Gasteiger partial charge is 0.466 e. The highest BCUT2D eigenvalue weighted by atomic mass is 16.5. The summed E-state index contributed by atoms with van der Waals surface area (Å²) in [5.74, 6) is -0.128. The average molecular weight is 224 g/mol. The first-order valence-corrected chi connectivity index (χ1v) is 6.62. The average Bonchev–Trinajstić information content (AvgIpc) is 2.29. The van der Waals surface area contributed by atoms with E-state index >= 15 is 0 Å². The van der Waals surface area contributed by atoms with Crippen LogP contribution in [0.1, 0.15) is 64.2 Å². The lowest BCUT2D eigenvalue weighted by molar-refractivity contribution is -0.136. The molecule has 0 saturated carbocycles. The van der Waals surface area contributed by atoms with Crippen LogP contribution in [0.3, 0.4) is 0 Å². The first-order chi connectivity index (χ1) is 7.84. The van der Waals surface area contributed by atoms with Crippen LogP contribution >= 0.6 is 0 Å². The number of allylic oxidation sites excluding steroid dienone is 1. The van der Waals surface area contributed by atoms with Crippen LogP contribution in [0.25, 0.3) is 0 Å². The Hall–Kier alpha value is -0.790. The van der Waals surface area contributed by atoms with Gasteiger partial charge in [-0.25, -0.2) is 4.79 Å². The molecule has 0 N–H and O–H groups in total. The van der Waals surface area contributed by atoms with Gasteiger partial charge < -0.3 is 4.74 Å². The summed E-state index contributed by atoms with van der Waals surface area (Å²) in [6.45, 7) is 0. The van der Waals surface area contributed by atoms with Crippen LogP contribution in [0.15, 0.2) is 11.6 Å². The van der Waals surface area contributed by atoms with Crippen molar-refractivity contribution in [2.24, 2.45) is 0 Å². The number of carbonyl (C=O) groups is 1. The highest BCUT2D eigenvalue weighted by Crippen LogP contribution is 2.17. The van der Waals surface area contributed by atoms with Gasteiger partial charge in [-0.05, 0) is 25.7 Å². The molecule has 92 valence electrons. The first-order valence-electron chi connectivity index (χ1n) is 6.62. The number of hydrogen-bond donors (Lipinski definition) is 0. The van der Waals surface area contributed by atoms with Gasteiger partial charge in [-0.2, -0.15) is 0 Å². The maximum Gasteiger partial charge on any atom is 0.333 e. The zero-order chi connectivity index (χ0) is 11.6. The van der Waals surface area contributed by atoms with Crippen molar-refractivity contribution in [2.75, 3.05) is 7.11 Å². The van der Waals surface area contributed by atoms with Crippen LogP contribution in [-0.4, -0.2) is 13.1 Å². The molecule has 0 unspecified atom stereocenters. The molecule has 1 aliphatic rings. The van der Waals surface area contributed by atoms with Crippen molar-refractivity contribution in [1.29, 1.82) is 0 Å². The van der Waals surface area contributed by atoms with Gasteiger partial charge >= 0.3 is 5.97 Å². The molecule has 0 aliphatic heterocycles. The van der Waals surface area contributed by atoms with Crippen molar-refractivity contribution in [3.8, 4) is 0 Å². The highest BCUT2D eigenvalue weighted by Gasteiger charge is 2.08. The van der Waals surface area contributed by atoms with E-state index in [1.54, 1.807) is 0 Å². The van der Waals surface area contributed by atoms with Gasteiger partial charge in [0.05, 0.1) is 7.11 Å². The summed E-state index contributed by atoms with van der Waals surface area (Å²) in [6, 6.07) is 0. The third kappa shape index (κ3) is 5.34. The molecule has 1 aliphatic carbocycles. The molecule has 1 rings (SSSR count). The van der Waals surface area contributed by atoms with E-state index in [1.807, 2.05) is 0 Å². The lowest BCUT2D eigenvalue weighted by atomic mass is 10.0. The lowest BCUT2D eigenvalue weighted by Gasteiger charge is -2.08. The highest BCUT2D eigenvalue weighted by molar-refractivity contribution is 5.88. The number of methoxy groups -OCH3 is 1. The second-order valence-corrected chi connectivity index (χ2v) is 4.59. The fourth-order valence-corrected chi connectivity index (χ4v) is 2.22. The third-order valence-corrected chi connectivity index (χ3v) is 3.24. The van der Waals surface area contributed by atoms with Gasteiger partial charge in [0, 0.05) is 5.57 Å². The Morgan fingerprint density at radius 3 is 2.19 bits per heavy atom. The quantitative estimate of drug-likeness (QED) is 0.629. The van der Waals surface area contributed by atoms with Crippen LogP contribution < -0.4 is 0 Å². The predicted molar refractivity (Wildman–Crippen MR) is 66.3 cm³/mol. The van der Waals surface area contributed by atoms with Crippen LogP contribution in [-0.2, 0) is 9.53 Å². The number of ether oxygens (including phenoxy) is 1. The van der Waals surface area contributed by atoms with Gasteiger partial charge in [-0.15, -0.1) is 0 Å². The van der Waals surface area contributed by atoms with E-state index in [0.717, 1.165) is 24.8 Å². The molecule has 0 heterocycles. The Balaban J connectivity index is 2.46. The molecule has 16 heavy (non-hydrogen) atoms. The molecule has 0 atom stereocenters. The zero-order valence-electron chi connectivity index (χ0n) is 10.5. The molecular weight excluding hydrogens is 200 g/mol. The molecule has 0 radical (unpaired) electrons. The summed E-state index contributed by atoms with van der Waals surface area (Å²) in [5.41, 5.74) is 0.892. The van der Waals surface area contributed by atoms with Crippen molar-refractivity contribution in [3.05, 3.63) is 11.6 Å². The monoisotopic (exact) mass is 224 g/mol. The van der Waals surface area contributed by atoms with Gasteiger partial charge in [0.1, 0.15) is 0 Å². The Bertz CT molecular complexity index is 231. The number of carbonyl (C=O) groups excluding carboxylic acids is 1. The normalized spacial score (nSPS) is 20.2. The molecular formula is C14H24O2. The van der Waals surface area contributed by atoms with E-state index in [4.69, 9.17) is 4.74 Å². The maximum atomic E-state index is 11.5. The standard InChI is InChI=1S/C14H24O2/c1-16-14(15)13-11-9-7-5-3-2-4-6-8-10-12-13/h11H,2-10,12H2,1H3. The summed E-state index contributed by atoms with van der Waals surface area (Å²) in [5, 5.41) is 0. The molecule has 0 amide bonds. The van der Waals surface area contributed by atoms with E-state index in [-0.39, 0.29) is 5.97 Å². The molecule has 0 spiro atoms. The minimum atomic E-state index is -0.128. The minimum Gasteiger partial charge on any atom is -0.466 e. The van der Waals surface area contributed by atoms with E-state index in [2.05, 4.69) is 6.08 Å². The van der Waals surface area contributed by atoms with E-state index in [0.29, 0.717) is 0 Å². The molecule has 0 aromatic rings. The van der Waals surface area contributed by atoms with Crippen LogP contribution in [0.5, 0.6) is 0 Å². The summed E-state index contributed by atoms with van der Waals surface area (Å²) in [7, 11) is 1.47. The maximum absolute atomic E-state index is 11.5. The molecule has 2 nitrogen and oxygen atoms in total. The summed E-state index contributed by atoms with van der Waals surface area (Å²) in [4.78, 5) is 11.5. The molecule has 0 saturated heterocycles. The Labute approximate surface area is 99.1 Å². The fourth-order valence-electron chi connectivity index (χ4n) is 2.22. The second-order valence-electron chi connectivity index (χ2n) is 4.59. The fraction of sp³-hybridized carbons (Fsp3) is 0.786. The summed E-state index contributed by atoms with van der Waals surface area (Å²) in [6.07, 6.45) is 14.3. The van der Waals surface area contributed by atoms with Crippen molar-refractivity contribution in [2.45, 2.75) is 64.2 Å². The van der Waals surface area contributed by atoms with E-state index in [1.165, 1.54) is 52.1 Å². The van der Waals surface area contributed by atoms with Gasteiger partial charge in [0.2, 0.25) is 0 Å². The zero-order valence-corrected chi connectivity index (χ0v) is 10.5. The molecule has 0 fully saturated rings. The number of rotatable bonds is 1. The van der Waals surface area contributed by atoms with Crippen LogP contribution in [0.4, 0.5) is 0 Å². The number of esters is 1. The van der Waals surface area contributed by atoms with Crippen molar-refractivity contribution >= 4 is 5.97 Å². The molecule has 2 heteroatoms. The Morgan fingerprint density at radius 1 is 1.00 bits per heavy atom. The Morgan fingerprint density at radius 2 is 1.56 bits per heavy atom. The smallest absolute Gasteiger partial charge is 0.333 e. The number of hydrogen-bond acceptors (Lipinski definition) is 2. The van der Waals surface area contributed by atoms with E-state index < -0.39 is 0 Å². The topological polar surface area (TPSA) is 26.3 Å². The second kappa shape index (κ2) is 8.37. The van der Waals surface area contributed by atoms with E-state index in [9.17, 15) is 4.79 Å². The van der Waals surface area contributed by atoms with Crippen LogP contribution in [0, 0.1) is 0 Å². The van der Waals surface area contributed by atoms with Gasteiger partial charge in [-0.1, -0.05) is 44.6 Å². The molecule has 0 bridgehead atoms. The van der Waals surface area contributed by atoms with Crippen molar-refractivity contribution in [3.63, 3.8) is 0 Å². The predicted octanol–water partition coefficient (Wildman–Crippen LogP) is 4.00.